The van der Waals surface area contributed by atoms with E-state index in [1.54, 1.807) is 6.92 Å². The third kappa shape index (κ3) is 4.50. The number of carbonyl (C=O) groups excluding carboxylic acids is 1. The standard InChI is InChI=1S/C27H28ClN3O5/c1-14(32)29-18-8-6-16(7-9-18)15-2-4-17(5-3-15)25-19(28)10-20-21(31-25)11-24(30-20)36-23-13-35-26-22(33)12-34-27(23)26/h2-6,10-11,18,22-23,26-27,30,33H,7-9,12-13H2,1H3,(H,29,32)/t18?,22-,23-,26-,27-/m1/s1. The highest BCUT2D eigenvalue weighted by Crippen LogP contribution is 2.34. The summed E-state index contributed by atoms with van der Waals surface area (Å²) in [6.07, 6.45) is 3.39. The number of halogens is 1. The number of fused-ring (bicyclic) bond motifs is 2. The van der Waals surface area contributed by atoms with Crippen LogP contribution in [0.25, 0.3) is 27.9 Å². The van der Waals surface area contributed by atoms with Crippen molar-refractivity contribution in [3.8, 4) is 17.1 Å². The van der Waals surface area contributed by atoms with E-state index in [1.807, 2.05) is 24.3 Å². The maximum Gasteiger partial charge on any atom is 0.217 e. The molecule has 1 amide bonds. The zero-order valence-corrected chi connectivity index (χ0v) is 20.6. The molecule has 4 heterocycles. The van der Waals surface area contributed by atoms with Gasteiger partial charge in [0.25, 0.3) is 0 Å². The van der Waals surface area contributed by atoms with Crippen molar-refractivity contribution in [1.29, 1.82) is 0 Å². The Bertz CT molecular complexity index is 1320. The first-order valence-electron chi connectivity index (χ1n) is 12.3. The summed E-state index contributed by atoms with van der Waals surface area (Å²) < 4.78 is 17.4. The van der Waals surface area contributed by atoms with E-state index in [0.717, 1.165) is 35.9 Å². The molecule has 188 valence electrons. The van der Waals surface area contributed by atoms with Crippen LogP contribution >= 0.6 is 11.6 Å². The molecule has 2 aromatic heterocycles. The van der Waals surface area contributed by atoms with Gasteiger partial charge in [-0.2, -0.15) is 0 Å². The molecule has 9 heteroatoms. The summed E-state index contributed by atoms with van der Waals surface area (Å²) in [5.41, 5.74) is 5.63. The molecular weight excluding hydrogens is 482 g/mol. The molecule has 2 aliphatic heterocycles. The molecule has 8 nitrogen and oxygen atoms in total. The minimum Gasteiger partial charge on any atom is -0.470 e. The number of nitrogens with one attached hydrogen (secondary N) is 2. The molecule has 3 aromatic rings. The Balaban J connectivity index is 1.18. The minimum atomic E-state index is -0.615. The van der Waals surface area contributed by atoms with Crippen molar-refractivity contribution >= 4 is 34.1 Å². The Hall–Kier alpha value is -2.91. The normalized spacial score (nSPS) is 27.6. The summed E-state index contributed by atoms with van der Waals surface area (Å²) in [6, 6.07) is 12.2. The molecule has 0 spiro atoms. The second-order valence-corrected chi connectivity index (χ2v) is 10.1. The van der Waals surface area contributed by atoms with Crippen LogP contribution in [0.4, 0.5) is 0 Å². The van der Waals surface area contributed by atoms with Gasteiger partial charge in [-0.15, -0.1) is 0 Å². The van der Waals surface area contributed by atoms with E-state index < -0.39 is 6.10 Å². The summed E-state index contributed by atoms with van der Waals surface area (Å²) in [4.78, 5) is 19.3. The SMILES string of the molecule is CC(=O)NC1CC=C(c2ccc(-c3nc4cc(O[C@@H]5CO[C@H]6[C@@H]5OC[C@H]6O)[nH]c4cc3Cl)cc2)CC1. The predicted octanol–water partition coefficient (Wildman–Crippen LogP) is 3.86. The van der Waals surface area contributed by atoms with E-state index in [9.17, 15) is 9.90 Å². The van der Waals surface area contributed by atoms with Crippen LogP contribution in [-0.4, -0.2) is 64.7 Å². The number of nitrogens with zero attached hydrogens (tertiary/aromatic N) is 1. The minimum absolute atomic E-state index is 0.0208. The molecule has 2 saturated heterocycles. The van der Waals surface area contributed by atoms with Gasteiger partial charge in [0.2, 0.25) is 5.91 Å². The topological polar surface area (TPSA) is 106 Å². The van der Waals surface area contributed by atoms with Crippen LogP contribution in [0, 0.1) is 0 Å². The van der Waals surface area contributed by atoms with Gasteiger partial charge in [-0.3, -0.25) is 4.79 Å². The number of amides is 1. The number of ether oxygens (including phenoxy) is 3. The van der Waals surface area contributed by atoms with Crippen molar-refractivity contribution < 1.29 is 24.1 Å². The van der Waals surface area contributed by atoms with Crippen LogP contribution in [-0.2, 0) is 14.3 Å². The number of carbonyl (C=O) groups is 1. The van der Waals surface area contributed by atoms with Crippen LogP contribution in [0.2, 0.25) is 5.02 Å². The lowest BCUT2D eigenvalue weighted by Gasteiger charge is -2.22. The van der Waals surface area contributed by atoms with Crippen molar-refractivity contribution in [3.63, 3.8) is 0 Å². The lowest BCUT2D eigenvalue weighted by Crippen LogP contribution is -2.34. The number of pyridine rings is 1. The number of rotatable bonds is 5. The van der Waals surface area contributed by atoms with Gasteiger partial charge in [0.15, 0.2) is 12.0 Å². The zero-order valence-electron chi connectivity index (χ0n) is 19.9. The highest BCUT2D eigenvalue weighted by atomic mass is 35.5. The third-order valence-electron chi connectivity index (χ3n) is 7.14. The second-order valence-electron chi connectivity index (χ2n) is 9.68. The zero-order chi connectivity index (χ0) is 24.8. The summed E-state index contributed by atoms with van der Waals surface area (Å²) >= 11 is 6.62. The molecule has 36 heavy (non-hydrogen) atoms. The molecule has 3 N–H and O–H groups in total. The molecule has 1 aliphatic carbocycles. The van der Waals surface area contributed by atoms with Crippen LogP contribution in [0.5, 0.6) is 5.88 Å². The lowest BCUT2D eigenvalue weighted by molar-refractivity contribution is -0.119. The summed E-state index contributed by atoms with van der Waals surface area (Å²) in [5.74, 6) is 0.578. The number of H-pyrrole nitrogens is 1. The van der Waals surface area contributed by atoms with E-state index in [1.165, 1.54) is 11.1 Å². The number of aromatic nitrogens is 2. The van der Waals surface area contributed by atoms with Gasteiger partial charge in [-0.1, -0.05) is 41.9 Å². The van der Waals surface area contributed by atoms with Crippen LogP contribution in [0.3, 0.4) is 0 Å². The van der Waals surface area contributed by atoms with Crippen molar-refractivity contribution in [2.45, 2.75) is 56.6 Å². The predicted molar refractivity (Wildman–Crippen MR) is 136 cm³/mol. The van der Waals surface area contributed by atoms with Gasteiger partial charge in [-0.05, 0) is 36.5 Å². The second kappa shape index (κ2) is 9.52. The monoisotopic (exact) mass is 509 g/mol. The molecule has 1 unspecified atom stereocenters. The van der Waals surface area contributed by atoms with Gasteiger partial charge in [0, 0.05) is 24.6 Å². The van der Waals surface area contributed by atoms with Crippen molar-refractivity contribution in [3.05, 3.63) is 53.1 Å². The van der Waals surface area contributed by atoms with Gasteiger partial charge >= 0.3 is 0 Å². The fourth-order valence-corrected chi connectivity index (χ4v) is 5.60. The molecule has 2 fully saturated rings. The van der Waals surface area contributed by atoms with Crippen molar-refractivity contribution in [1.82, 2.24) is 15.3 Å². The smallest absolute Gasteiger partial charge is 0.217 e. The fraction of sp³-hybridized carbons (Fsp3) is 0.407. The number of aliphatic hydroxyl groups is 1. The largest absolute Gasteiger partial charge is 0.470 e. The Morgan fingerprint density at radius 2 is 1.94 bits per heavy atom. The summed E-state index contributed by atoms with van der Waals surface area (Å²) in [7, 11) is 0. The molecule has 3 aliphatic rings. The maximum absolute atomic E-state index is 11.3. The highest BCUT2D eigenvalue weighted by Gasteiger charge is 2.48. The Kier molecular flexibility index (Phi) is 6.21. The Labute approximate surface area is 213 Å². The van der Waals surface area contributed by atoms with Crippen LogP contribution in [0.15, 0.2) is 42.5 Å². The molecule has 5 atom stereocenters. The Morgan fingerprint density at radius 3 is 2.69 bits per heavy atom. The summed E-state index contributed by atoms with van der Waals surface area (Å²) in [6.45, 7) is 2.18. The first-order valence-corrected chi connectivity index (χ1v) is 12.7. The lowest BCUT2D eigenvalue weighted by atomic mass is 9.90. The number of benzene rings is 1. The van der Waals surface area contributed by atoms with Gasteiger partial charge in [-0.25, -0.2) is 4.98 Å². The molecule has 6 rings (SSSR count). The van der Waals surface area contributed by atoms with Crippen LogP contribution in [0.1, 0.15) is 31.7 Å². The molecule has 0 saturated carbocycles. The first-order chi connectivity index (χ1) is 17.4. The van der Waals surface area contributed by atoms with Gasteiger partial charge in [0.05, 0.1) is 35.0 Å². The number of hydrogen-bond donors (Lipinski definition) is 3. The van der Waals surface area contributed by atoms with E-state index in [0.29, 0.717) is 23.2 Å². The quantitative estimate of drug-likeness (QED) is 0.482. The number of hydrogen-bond acceptors (Lipinski definition) is 6. The van der Waals surface area contributed by atoms with Crippen molar-refractivity contribution in [2.75, 3.05) is 13.2 Å². The van der Waals surface area contributed by atoms with Gasteiger partial charge < -0.3 is 29.6 Å². The molecule has 1 aromatic carbocycles. The number of aromatic amines is 1. The van der Waals surface area contributed by atoms with E-state index in [2.05, 4.69) is 28.5 Å². The fourth-order valence-electron chi connectivity index (χ4n) is 5.34. The average molecular weight is 510 g/mol. The van der Waals surface area contributed by atoms with Crippen molar-refractivity contribution in [2.24, 2.45) is 0 Å². The van der Waals surface area contributed by atoms with E-state index in [-0.39, 0.29) is 36.9 Å². The third-order valence-corrected chi connectivity index (χ3v) is 7.43. The highest BCUT2D eigenvalue weighted by molar-refractivity contribution is 6.33. The number of allylic oxidation sites excluding steroid dienone is 1. The average Bonchev–Trinajstić information content (AvgIpc) is 3.55. The molecular formula is C27H28ClN3O5. The number of aliphatic hydroxyl groups excluding tert-OH is 1. The maximum atomic E-state index is 11.3. The Morgan fingerprint density at radius 1 is 1.17 bits per heavy atom. The summed E-state index contributed by atoms with van der Waals surface area (Å²) in [5, 5.41) is 13.5. The van der Waals surface area contributed by atoms with E-state index >= 15 is 0 Å². The van der Waals surface area contributed by atoms with Crippen LogP contribution < -0.4 is 10.1 Å². The first kappa shape index (κ1) is 23.5. The van der Waals surface area contributed by atoms with Gasteiger partial charge in [0.1, 0.15) is 18.3 Å². The van der Waals surface area contributed by atoms with E-state index in [4.69, 9.17) is 30.8 Å². The molecule has 0 radical (unpaired) electrons. The molecule has 0 bridgehead atoms.